The summed E-state index contributed by atoms with van der Waals surface area (Å²) in [5, 5.41) is 13.9. The van der Waals surface area contributed by atoms with Crippen molar-refractivity contribution in [3.05, 3.63) is 13.2 Å². The van der Waals surface area contributed by atoms with Crippen LogP contribution in [0.1, 0.15) is 27.7 Å². The van der Waals surface area contributed by atoms with E-state index in [1.54, 1.807) is 0 Å². The standard InChI is InChI=1S/C8H20N.C2H4.CH2O3.BF4/c1-5-9(6-2,7-3)8-4;1-2;2-1(3)4;2-1(3,4)5/h5-8H2,1-4H3;1-2H2;(H2,2,3,4);/q+1;;;-1. The van der Waals surface area contributed by atoms with E-state index in [0.717, 1.165) is 0 Å². The van der Waals surface area contributed by atoms with Gasteiger partial charge in [0, 0.05) is 0 Å². The molecule has 0 saturated carbocycles. The molecule has 20 heavy (non-hydrogen) atoms. The summed E-state index contributed by atoms with van der Waals surface area (Å²) in [6, 6.07) is 0. The van der Waals surface area contributed by atoms with E-state index in [0.29, 0.717) is 0 Å². The van der Waals surface area contributed by atoms with Crippen LogP contribution in [0, 0.1) is 0 Å². The van der Waals surface area contributed by atoms with Crippen molar-refractivity contribution in [2.45, 2.75) is 27.7 Å². The molecule has 0 aliphatic heterocycles. The molecular weight excluding hydrogens is 281 g/mol. The molecule has 0 atom stereocenters. The zero-order chi connectivity index (χ0) is 17.4. The molecule has 0 rings (SSSR count). The molecule has 0 aromatic carbocycles. The van der Waals surface area contributed by atoms with Crippen molar-refractivity contribution in [3.8, 4) is 0 Å². The number of hydrogen-bond donors (Lipinski definition) is 2. The van der Waals surface area contributed by atoms with Gasteiger partial charge in [-0.25, -0.2) is 4.79 Å². The fourth-order valence-electron chi connectivity index (χ4n) is 1.34. The second-order valence-electron chi connectivity index (χ2n) is 3.38. The Balaban J connectivity index is -0.0000000990. The highest BCUT2D eigenvalue weighted by molar-refractivity contribution is 6.50. The van der Waals surface area contributed by atoms with Crippen LogP contribution in [0.3, 0.4) is 0 Å². The monoisotopic (exact) mass is 307 g/mol. The van der Waals surface area contributed by atoms with Crippen LogP contribution in [-0.4, -0.2) is 54.3 Å². The lowest BCUT2D eigenvalue weighted by molar-refractivity contribution is -0.921. The van der Waals surface area contributed by atoms with Gasteiger partial charge in [0.2, 0.25) is 0 Å². The average molecular weight is 307 g/mol. The molecule has 2 N–H and O–H groups in total. The minimum absolute atomic E-state index is 1.28. The van der Waals surface area contributed by atoms with Gasteiger partial charge in [-0.3, -0.25) is 0 Å². The zero-order valence-corrected chi connectivity index (χ0v) is 12.6. The maximum absolute atomic E-state index is 9.75. The Bertz CT molecular complexity index is 197. The number of halogens is 4. The van der Waals surface area contributed by atoms with Crippen molar-refractivity contribution in [1.29, 1.82) is 0 Å². The minimum Gasteiger partial charge on any atom is -0.450 e. The second kappa shape index (κ2) is 15.8. The van der Waals surface area contributed by atoms with Gasteiger partial charge in [0.15, 0.2) is 0 Å². The summed E-state index contributed by atoms with van der Waals surface area (Å²) in [5.41, 5.74) is 0. The van der Waals surface area contributed by atoms with Crippen molar-refractivity contribution in [2.24, 2.45) is 0 Å². The van der Waals surface area contributed by atoms with Crippen LogP contribution in [-0.2, 0) is 0 Å². The van der Waals surface area contributed by atoms with Crippen LogP contribution < -0.4 is 0 Å². The molecule has 4 nitrogen and oxygen atoms in total. The predicted octanol–water partition coefficient (Wildman–Crippen LogP) is 4.21. The molecule has 0 spiro atoms. The maximum Gasteiger partial charge on any atom is 0.673 e. The lowest BCUT2D eigenvalue weighted by Gasteiger charge is -2.34. The Morgan fingerprint density at radius 1 is 0.900 bits per heavy atom. The highest BCUT2D eigenvalue weighted by Gasteiger charge is 2.20. The molecule has 0 aliphatic rings. The lowest BCUT2D eigenvalue weighted by atomic mass is 10.3. The van der Waals surface area contributed by atoms with Gasteiger partial charge in [-0.2, -0.15) is 0 Å². The molecule has 0 bridgehead atoms. The molecular formula is C11H26BF4NO3. The number of hydrogen-bond acceptors (Lipinski definition) is 1. The first kappa shape index (κ1) is 27.2. The Labute approximate surface area is 118 Å². The molecule has 0 aliphatic carbocycles. The van der Waals surface area contributed by atoms with Crippen LogP contribution >= 0.6 is 0 Å². The average Bonchev–Trinajstić information content (AvgIpc) is 2.32. The molecule has 124 valence electrons. The fraction of sp³-hybridized carbons (Fsp3) is 0.727. The van der Waals surface area contributed by atoms with Gasteiger partial charge in [0.25, 0.3) is 0 Å². The highest BCUT2D eigenvalue weighted by Crippen LogP contribution is 2.06. The minimum atomic E-state index is -6.00. The van der Waals surface area contributed by atoms with Crippen molar-refractivity contribution in [3.63, 3.8) is 0 Å². The molecule has 0 radical (unpaired) electrons. The van der Waals surface area contributed by atoms with Crippen molar-refractivity contribution < 1.29 is 36.8 Å². The van der Waals surface area contributed by atoms with E-state index >= 15 is 0 Å². The topological polar surface area (TPSA) is 57.5 Å². The van der Waals surface area contributed by atoms with E-state index in [2.05, 4.69) is 40.9 Å². The van der Waals surface area contributed by atoms with Gasteiger partial charge in [-0.15, -0.1) is 13.2 Å². The fourth-order valence-corrected chi connectivity index (χ4v) is 1.34. The summed E-state index contributed by atoms with van der Waals surface area (Å²) >= 11 is 0. The quantitative estimate of drug-likeness (QED) is 0.354. The van der Waals surface area contributed by atoms with E-state index in [1.807, 2.05) is 0 Å². The summed E-state index contributed by atoms with van der Waals surface area (Å²) in [6.07, 6.45) is -1.83. The van der Waals surface area contributed by atoms with Crippen molar-refractivity contribution in [1.82, 2.24) is 0 Å². The van der Waals surface area contributed by atoms with Gasteiger partial charge < -0.3 is 32.0 Å². The Hall–Kier alpha value is -1.25. The van der Waals surface area contributed by atoms with Gasteiger partial charge in [-0.1, -0.05) is 0 Å². The third-order valence-electron chi connectivity index (χ3n) is 2.68. The lowest BCUT2D eigenvalue weighted by Crippen LogP contribution is -2.47. The smallest absolute Gasteiger partial charge is 0.450 e. The number of carboxylic acid groups (broad SMARTS) is 2. The Morgan fingerprint density at radius 2 is 1.00 bits per heavy atom. The first-order chi connectivity index (χ1) is 8.97. The molecule has 0 aromatic rings. The number of nitrogens with zero attached hydrogens (tertiary/aromatic N) is 1. The molecule has 9 heteroatoms. The van der Waals surface area contributed by atoms with Crippen LogP contribution in [0.2, 0.25) is 0 Å². The van der Waals surface area contributed by atoms with E-state index in [4.69, 9.17) is 15.0 Å². The maximum atomic E-state index is 9.75. The zero-order valence-electron chi connectivity index (χ0n) is 12.6. The van der Waals surface area contributed by atoms with Gasteiger partial charge in [0.05, 0.1) is 26.2 Å². The van der Waals surface area contributed by atoms with E-state index in [-0.39, 0.29) is 0 Å². The SMILES string of the molecule is C=C.CC[N+](CC)(CC)CC.F[B-](F)(F)F.O=C(O)O. The predicted molar refractivity (Wildman–Crippen MR) is 74.5 cm³/mol. The van der Waals surface area contributed by atoms with Crippen molar-refractivity contribution >= 4 is 13.4 Å². The van der Waals surface area contributed by atoms with Gasteiger partial charge >= 0.3 is 13.4 Å². The van der Waals surface area contributed by atoms with Crippen LogP contribution in [0.5, 0.6) is 0 Å². The van der Waals surface area contributed by atoms with Gasteiger partial charge in [0.1, 0.15) is 0 Å². The number of rotatable bonds is 4. The molecule has 0 heterocycles. The Kier molecular flexibility index (Phi) is 21.5. The largest absolute Gasteiger partial charge is 0.673 e. The molecule has 0 unspecified atom stereocenters. The van der Waals surface area contributed by atoms with Crippen LogP contribution in [0.4, 0.5) is 22.1 Å². The summed E-state index contributed by atoms with van der Waals surface area (Å²) in [5.74, 6) is 0. The highest BCUT2D eigenvalue weighted by atomic mass is 19.5. The second-order valence-corrected chi connectivity index (χ2v) is 3.38. The van der Waals surface area contributed by atoms with Crippen molar-refractivity contribution in [2.75, 3.05) is 26.2 Å². The number of carbonyl (C=O) groups is 1. The van der Waals surface area contributed by atoms with Crippen LogP contribution in [0.25, 0.3) is 0 Å². The van der Waals surface area contributed by atoms with E-state index in [1.165, 1.54) is 30.7 Å². The molecule has 0 saturated heterocycles. The summed E-state index contributed by atoms with van der Waals surface area (Å²) < 4.78 is 40.3. The molecule has 0 fully saturated rings. The summed E-state index contributed by atoms with van der Waals surface area (Å²) in [4.78, 5) is 8.56. The Morgan fingerprint density at radius 3 is 1.00 bits per heavy atom. The summed E-state index contributed by atoms with van der Waals surface area (Å²) in [6.45, 7) is 20.2. The normalized spacial score (nSPS) is 9.80. The first-order valence-corrected chi connectivity index (χ1v) is 6.12. The van der Waals surface area contributed by atoms with E-state index in [9.17, 15) is 17.3 Å². The number of quaternary nitrogens is 1. The molecule has 0 amide bonds. The first-order valence-electron chi connectivity index (χ1n) is 6.12. The third kappa shape index (κ3) is 36.0. The molecule has 0 aromatic heterocycles. The third-order valence-corrected chi connectivity index (χ3v) is 2.68. The van der Waals surface area contributed by atoms with Gasteiger partial charge in [-0.05, 0) is 27.7 Å². The van der Waals surface area contributed by atoms with Crippen LogP contribution in [0.15, 0.2) is 13.2 Å². The van der Waals surface area contributed by atoms with E-state index < -0.39 is 13.4 Å². The summed E-state index contributed by atoms with van der Waals surface area (Å²) in [7, 11) is -6.00.